The van der Waals surface area contributed by atoms with Crippen molar-refractivity contribution in [1.29, 1.82) is 0 Å². The van der Waals surface area contributed by atoms with E-state index in [0.29, 0.717) is 18.9 Å². The quantitative estimate of drug-likeness (QED) is 0.898. The number of carbonyl (C=O) groups is 1. The first-order valence-electron chi connectivity index (χ1n) is 6.60. The van der Waals surface area contributed by atoms with Crippen molar-refractivity contribution < 1.29 is 4.79 Å². The SMILES string of the molecule is CC1CCCN(C(=O)Cc2csc(CCN)n2)C1. The zero-order valence-corrected chi connectivity index (χ0v) is 11.7. The first-order chi connectivity index (χ1) is 8.69. The molecule has 1 fully saturated rings. The minimum atomic E-state index is 0.214. The number of carbonyl (C=O) groups excluding carboxylic acids is 1. The lowest BCUT2D eigenvalue weighted by Gasteiger charge is -2.30. The molecule has 1 saturated heterocycles. The number of amides is 1. The predicted octanol–water partition coefficient (Wildman–Crippen LogP) is 1.45. The molecule has 0 spiro atoms. The van der Waals surface area contributed by atoms with Crippen molar-refractivity contribution in [2.24, 2.45) is 11.7 Å². The Balaban J connectivity index is 1.89. The molecule has 0 radical (unpaired) electrons. The molecule has 1 aliphatic heterocycles. The maximum Gasteiger partial charge on any atom is 0.228 e. The highest BCUT2D eigenvalue weighted by atomic mass is 32.1. The monoisotopic (exact) mass is 267 g/mol. The van der Waals surface area contributed by atoms with Gasteiger partial charge in [-0.25, -0.2) is 4.98 Å². The van der Waals surface area contributed by atoms with Gasteiger partial charge in [-0.15, -0.1) is 11.3 Å². The van der Waals surface area contributed by atoms with Crippen LogP contribution in [0.25, 0.3) is 0 Å². The van der Waals surface area contributed by atoms with Gasteiger partial charge in [-0.05, 0) is 25.3 Å². The molecule has 4 nitrogen and oxygen atoms in total. The summed E-state index contributed by atoms with van der Waals surface area (Å²) in [6.45, 7) is 4.63. The van der Waals surface area contributed by atoms with E-state index in [1.165, 1.54) is 6.42 Å². The molecule has 1 amide bonds. The third-order valence-corrected chi connectivity index (χ3v) is 4.26. The van der Waals surface area contributed by atoms with Crippen molar-refractivity contribution in [1.82, 2.24) is 9.88 Å². The van der Waals surface area contributed by atoms with Crippen molar-refractivity contribution in [3.8, 4) is 0 Å². The zero-order chi connectivity index (χ0) is 13.0. The summed E-state index contributed by atoms with van der Waals surface area (Å²) in [7, 11) is 0. The molecule has 0 bridgehead atoms. The van der Waals surface area contributed by atoms with Crippen LogP contribution >= 0.6 is 11.3 Å². The molecule has 0 aliphatic carbocycles. The van der Waals surface area contributed by atoms with Crippen LogP contribution in [0.3, 0.4) is 0 Å². The molecule has 1 unspecified atom stereocenters. The standard InChI is InChI=1S/C13H21N3OS/c1-10-3-2-6-16(8-10)13(17)7-11-9-18-12(15-11)4-5-14/h9-10H,2-8,14H2,1H3. The van der Waals surface area contributed by atoms with Gasteiger partial charge in [0.25, 0.3) is 0 Å². The first-order valence-corrected chi connectivity index (χ1v) is 7.48. The molecular formula is C13H21N3OS. The highest BCUT2D eigenvalue weighted by Crippen LogP contribution is 2.17. The maximum absolute atomic E-state index is 12.1. The van der Waals surface area contributed by atoms with Gasteiger partial charge in [0.1, 0.15) is 0 Å². The summed E-state index contributed by atoms with van der Waals surface area (Å²) in [5, 5.41) is 3.02. The molecule has 2 heterocycles. The van der Waals surface area contributed by atoms with Crippen LogP contribution in [0.4, 0.5) is 0 Å². The molecule has 1 atom stereocenters. The topological polar surface area (TPSA) is 59.2 Å². The zero-order valence-electron chi connectivity index (χ0n) is 10.9. The van der Waals surface area contributed by atoms with Crippen molar-refractivity contribution in [2.75, 3.05) is 19.6 Å². The summed E-state index contributed by atoms with van der Waals surface area (Å²) < 4.78 is 0. The van der Waals surface area contributed by atoms with E-state index in [2.05, 4.69) is 11.9 Å². The lowest BCUT2D eigenvalue weighted by Crippen LogP contribution is -2.39. The van der Waals surface area contributed by atoms with Gasteiger partial charge in [-0.1, -0.05) is 6.92 Å². The summed E-state index contributed by atoms with van der Waals surface area (Å²) in [4.78, 5) is 18.6. The molecule has 0 aromatic carbocycles. The second kappa shape index (κ2) is 6.29. The van der Waals surface area contributed by atoms with Gasteiger partial charge in [0.2, 0.25) is 5.91 Å². The summed E-state index contributed by atoms with van der Waals surface area (Å²) in [5.41, 5.74) is 6.39. The van der Waals surface area contributed by atoms with E-state index < -0.39 is 0 Å². The molecule has 5 heteroatoms. The van der Waals surface area contributed by atoms with Crippen LogP contribution in [0.1, 0.15) is 30.5 Å². The molecule has 2 rings (SSSR count). The Morgan fingerprint density at radius 3 is 3.22 bits per heavy atom. The fourth-order valence-electron chi connectivity index (χ4n) is 2.35. The van der Waals surface area contributed by atoms with E-state index in [4.69, 9.17) is 5.73 Å². The third-order valence-electron chi connectivity index (χ3n) is 3.30. The van der Waals surface area contributed by atoms with Gasteiger partial charge in [-0.3, -0.25) is 4.79 Å². The molecule has 18 heavy (non-hydrogen) atoms. The number of thiazole rings is 1. The second-order valence-corrected chi connectivity index (χ2v) is 5.98. The number of likely N-dealkylation sites (tertiary alicyclic amines) is 1. The highest BCUT2D eigenvalue weighted by molar-refractivity contribution is 7.09. The predicted molar refractivity (Wildman–Crippen MR) is 73.6 cm³/mol. The number of hydrogen-bond acceptors (Lipinski definition) is 4. The highest BCUT2D eigenvalue weighted by Gasteiger charge is 2.21. The number of hydrogen-bond donors (Lipinski definition) is 1. The molecule has 1 aromatic heterocycles. The van der Waals surface area contributed by atoms with Crippen LogP contribution in [0, 0.1) is 5.92 Å². The van der Waals surface area contributed by atoms with E-state index in [9.17, 15) is 4.79 Å². The van der Waals surface area contributed by atoms with Crippen LogP contribution < -0.4 is 5.73 Å². The summed E-state index contributed by atoms with van der Waals surface area (Å²) in [6.07, 6.45) is 3.61. The molecule has 1 aromatic rings. The van der Waals surface area contributed by atoms with Gasteiger partial charge in [0, 0.05) is 24.9 Å². The van der Waals surface area contributed by atoms with Gasteiger partial charge >= 0.3 is 0 Å². The molecule has 100 valence electrons. The summed E-state index contributed by atoms with van der Waals surface area (Å²) >= 11 is 1.60. The summed E-state index contributed by atoms with van der Waals surface area (Å²) in [6, 6.07) is 0. The van der Waals surface area contributed by atoms with E-state index in [-0.39, 0.29) is 5.91 Å². The Morgan fingerprint density at radius 2 is 2.50 bits per heavy atom. The van der Waals surface area contributed by atoms with E-state index in [1.807, 2.05) is 10.3 Å². The van der Waals surface area contributed by atoms with Crippen LogP contribution in [0.2, 0.25) is 0 Å². The van der Waals surface area contributed by atoms with Crippen molar-refractivity contribution in [2.45, 2.75) is 32.6 Å². The Bertz CT molecular complexity index is 405. The minimum Gasteiger partial charge on any atom is -0.342 e. The molecular weight excluding hydrogens is 246 g/mol. The average Bonchev–Trinajstić information content (AvgIpc) is 2.77. The average molecular weight is 267 g/mol. The number of nitrogens with two attached hydrogens (primary N) is 1. The lowest BCUT2D eigenvalue weighted by atomic mass is 10.00. The van der Waals surface area contributed by atoms with Gasteiger partial charge in [-0.2, -0.15) is 0 Å². The summed E-state index contributed by atoms with van der Waals surface area (Å²) in [5.74, 6) is 0.845. The molecule has 2 N–H and O–H groups in total. The van der Waals surface area contributed by atoms with Gasteiger partial charge in [0.05, 0.1) is 17.1 Å². The van der Waals surface area contributed by atoms with Crippen LogP contribution in [0.5, 0.6) is 0 Å². The van der Waals surface area contributed by atoms with E-state index >= 15 is 0 Å². The number of nitrogens with zero attached hydrogens (tertiary/aromatic N) is 2. The van der Waals surface area contributed by atoms with E-state index in [1.54, 1.807) is 11.3 Å². The Kier molecular flexibility index (Phi) is 4.72. The number of rotatable bonds is 4. The fraction of sp³-hybridized carbons (Fsp3) is 0.692. The Morgan fingerprint density at radius 1 is 1.67 bits per heavy atom. The molecule has 1 aliphatic rings. The normalized spacial score (nSPS) is 20.1. The fourth-order valence-corrected chi connectivity index (χ4v) is 3.16. The van der Waals surface area contributed by atoms with Crippen LogP contribution in [-0.4, -0.2) is 35.4 Å². The van der Waals surface area contributed by atoms with Crippen molar-refractivity contribution in [3.63, 3.8) is 0 Å². The Labute approximate surface area is 112 Å². The number of piperidine rings is 1. The van der Waals surface area contributed by atoms with Crippen molar-refractivity contribution in [3.05, 3.63) is 16.1 Å². The lowest BCUT2D eigenvalue weighted by molar-refractivity contribution is -0.132. The smallest absolute Gasteiger partial charge is 0.228 e. The van der Waals surface area contributed by atoms with Crippen molar-refractivity contribution >= 4 is 17.2 Å². The Hall–Kier alpha value is -0.940. The van der Waals surface area contributed by atoms with Gasteiger partial charge < -0.3 is 10.6 Å². The third kappa shape index (κ3) is 3.53. The first kappa shape index (κ1) is 13.5. The molecule has 0 saturated carbocycles. The van der Waals surface area contributed by atoms with Gasteiger partial charge in [0.15, 0.2) is 0 Å². The minimum absolute atomic E-state index is 0.214. The van der Waals surface area contributed by atoms with E-state index in [0.717, 1.165) is 36.6 Å². The largest absolute Gasteiger partial charge is 0.342 e. The number of aromatic nitrogens is 1. The van der Waals surface area contributed by atoms with Crippen LogP contribution in [0.15, 0.2) is 5.38 Å². The second-order valence-electron chi connectivity index (χ2n) is 5.04. The maximum atomic E-state index is 12.1. The van der Waals surface area contributed by atoms with Crippen LogP contribution in [-0.2, 0) is 17.6 Å².